The lowest BCUT2D eigenvalue weighted by Gasteiger charge is -2.14. The Kier molecular flexibility index (Phi) is 3.80. The molecule has 0 heterocycles. The lowest BCUT2D eigenvalue weighted by atomic mass is 10.1. The predicted molar refractivity (Wildman–Crippen MR) is 70.2 cm³/mol. The summed E-state index contributed by atoms with van der Waals surface area (Å²) in [5.74, 6) is -3.96. The first-order valence-corrected chi connectivity index (χ1v) is 6.42. The second-order valence-electron chi connectivity index (χ2n) is 5.65. The molecule has 1 aromatic rings. The number of aliphatic carboxylic acids is 1. The molecule has 2 N–H and O–H groups in total. The number of carboxylic acid groups (broad SMARTS) is 1. The lowest BCUT2D eigenvalue weighted by molar-refractivity contribution is -0.274. The number of amides is 1. The maximum atomic E-state index is 12.3. The zero-order valence-corrected chi connectivity index (χ0v) is 11.8. The van der Waals surface area contributed by atoms with Crippen molar-refractivity contribution >= 4 is 17.6 Å². The Balaban J connectivity index is 2.15. The number of para-hydroxylation sites is 2. The Labute approximate surface area is 124 Å². The Morgan fingerprint density at radius 2 is 1.82 bits per heavy atom. The molecule has 2 rings (SSSR count). The molecule has 22 heavy (non-hydrogen) atoms. The van der Waals surface area contributed by atoms with E-state index < -0.39 is 41.2 Å². The first-order chi connectivity index (χ1) is 10.0. The Hall–Kier alpha value is -2.25. The molecule has 1 aliphatic rings. The van der Waals surface area contributed by atoms with Crippen molar-refractivity contribution < 1.29 is 32.6 Å². The fourth-order valence-corrected chi connectivity index (χ4v) is 2.58. The molecule has 0 radical (unpaired) electrons. The Bertz CT molecular complexity index is 612. The van der Waals surface area contributed by atoms with E-state index in [9.17, 15) is 22.8 Å². The molecule has 1 fully saturated rings. The van der Waals surface area contributed by atoms with Crippen LogP contribution in [0.25, 0.3) is 0 Å². The van der Waals surface area contributed by atoms with Crippen molar-refractivity contribution in [2.24, 2.45) is 17.3 Å². The van der Waals surface area contributed by atoms with E-state index in [4.69, 9.17) is 5.11 Å². The van der Waals surface area contributed by atoms with Crippen LogP contribution in [0.3, 0.4) is 0 Å². The molecular formula is C14H14F3NO4. The van der Waals surface area contributed by atoms with Crippen LogP contribution >= 0.6 is 0 Å². The Morgan fingerprint density at radius 3 is 2.32 bits per heavy atom. The average Bonchev–Trinajstić information content (AvgIpc) is 2.93. The monoisotopic (exact) mass is 317 g/mol. The maximum absolute atomic E-state index is 12.3. The van der Waals surface area contributed by atoms with Crippen molar-refractivity contribution in [2.45, 2.75) is 20.2 Å². The van der Waals surface area contributed by atoms with E-state index in [0.717, 1.165) is 6.07 Å². The van der Waals surface area contributed by atoms with Gasteiger partial charge in [0.15, 0.2) is 5.75 Å². The maximum Gasteiger partial charge on any atom is 0.573 e. The zero-order chi connectivity index (χ0) is 16.7. The number of hydrogen-bond acceptors (Lipinski definition) is 3. The summed E-state index contributed by atoms with van der Waals surface area (Å²) in [5, 5.41) is 11.3. The minimum absolute atomic E-state index is 0.156. The van der Waals surface area contributed by atoms with Crippen molar-refractivity contribution in [3.63, 3.8) is 0 Å². The topological polar surface area (TPSA) is 75.6 Å². The van der Waals surface area contributed by atoms with Gasteiger partial charge in [-0.1, -0.05) is 26.0 Å². The molecule has 0 aliphatic heterocycles. The molecule has 1 amide bonds. The molecule has 0 aromatic heterocycles. The summed E-state index contributed by atoms with van der Waals surface area (Å²) in [6.07, 6.45) is -4.89. The molecule has 0 saturated heterocycles. The minimum Gasteiger partial charge on any atom is -0.481 e. The third-order valence-electron chi connectivity index (χ3n) is 3.75. The van der Waals surface area contributed by atoms with Gasteiger partial charge in [-0.05, 0) is 17.5 Å². The minimum atomic E-state index is -4.89. The summed E-state index contributed by atoms with van der Waals surface area (Å²) in [7, 11) is 0. The zero-order valence-electron chi connectivity index (χ0n) is 11.8. The SMILES string of the molecule is CC1(C)[C@H](C(=O)O)[C@@H]1C(=O)Nc1ccccc1OC(F)(F)F. The highest BCUT2D eigenvalue weighted by atomic mass is 19.4. The van der Waals surface area contributed by atoms with E-state index >= 15 is 0 Å². The number of carbonyl (C=O) groups excluding carboxylic acids is 1. The standard InChI is InChI=1S/C14H14F3NO4/c1-13(2)9(10(13)12(20)21)11(19)18-7-5-3-4-6-8(7)22-14(15,16)17/h3-6,9-10H,1-2H3,(H,18,19)(H,20,21)/t9-,10+/m1/s1. The van der Waals surface area contributed by atoms with E-state index in [2.05, 4.69) is 10.1 Å². The van der Waals surface area contributed by atoms with Crippen LogP contribution in [0.1, 0.15) is 13.8 Å². The van der Waals surface area contributed by atoms with Crippen LogP contribution < -0.4 is 10.1 Å². The highest BCUT2D eigenvalue weighted by Gasteiger charge is 2.65. The number of halogens is 3. The van der Waals surface area contributed by atoms with Gasteiger partial charge in [0.25, 0.3) is 0 Å². The molecule has 0 unspecified atom stereocenters. The number of rotatable bonds is 4. The van der Waals surface area contributed by atoms with Crippen LogP contribution in [-0.2, 0) is 9.59 Å². The smallest absolute Gasteiger partial charge is 0.481 e. The van der Waals surface area contributed by atoms with E-state index in [1.807, 2.05) is 0 Å². The summed E-state index contributed by atoms with van der Waals surface area (Å²) < 4.78 is 40.8. The fraction of sp³-hybridized carbons (Fsp3) is 0.429. The molecule has 0 spiro atoms. The summed E-state index contributed by atoms with van der Waals surface area (Å²) >= 11 is 0. The quantitative estimate of drug-likeness (QED) is 0.895. The number of anilines is 1. The van der Waals surface area contributed by atoms with Gasteiger partial charge in [0, 0.05) is 0 Å². The lowest BCUT2D eigenvalue weighted by Crippen LogP contribution is -2.21. The number of carboxylic acids is 1. The third kappa shape index (κ3) is 3.15. The average molecular weight is 317 g/mol. The molecule has 5 nitrogen and oxygen atoms in total. The summed E-state index contributed by atoms with van der Waals surface area (Å²) in [4.78, 5) is 23.2. The number of benzene rings is 1. The van der Waals surface area contributed by atoms with Gasteiger partial charge in [0.1, 0.15) is 0 Å². The second-order valence-corrected chi connectivity index (χ2v) is 5.65. The number of hydrogen-bond donors (Lipinski definition) is 2. The molecule has 1 aliphatic carbocycles. The van der Waals surface area contributed by atoms with E-state index in [-0.39, 0.29) is 5.69 Å². The first kappa shape index (κ1) is 16.1. The highest BCUT2D eigenvalue weighted by molar-refractivity contribution is 6.00. The van der Waals surface area contributed by atoms with Gasteiger partial charge >= 0.3 is 12.3 Å². The summed E-state index contributed by atoms with van der Waals surface area (Å²) in [6, 6.07) is 5.09. The van der Waals surface area contributed by atoms with Crippen LogP contribution in [0, 0.1) is 17.3 Å². The van der Waals surface area contributed by atoms with E-state index in [1.165, 1.54) is 18.2 Å². The summed E-state index contributed by atoms with van der Waals surface area (Å²) in [6.45, 7) is 3.24. The molecule has 0 bridgehead atoms. The van der Waals surface area contributed by atoms with Gasteiger partial charge in [0.05, 0.1) is 17.5 Å². The second kappa shape index (κ2) is 5.19. The van der Waals surface area contributed by atoms with Crippen LogP contribution in [0.5, 0.6) is 5.75 Å². The Morgan fingerprint density at radius 1 is 1.23 bits per heavy atom. The number of carbonyl (C=O) groups is 2. The van der Waals surface area contributed by atoms with Gasteiger partial charge in [-0.3, -0.25) is 9.59 Å². The van der Waals surface area contributed by atoms with Gasteiger partial charge in [-0.25, -0.2) is 0 Å². The van der Waals surface area contributed by atoms with E-state index in [1.54, 1.807) is 13.8 Å². The molecular weight excluding hydrogens is 303 g/mol. The van der Waals surface area contributed by atoms with Crippen molar-refractivity contribution in [3.05, 3.63) is 24.3 Å². The van der Waals surface area contributed by atoms with Crippen molar-refractivity contribution in [2.75, 3.05) is 5.32 Å². The highest BCUT2D eigenvalue weighted by Crippen LogP contribution is 2.58. The van der Waals surface area contributed by atoms with Crippen LogP contribution in [0.2, 0.25) is 0 Å². The molecule has 8 heteroatoms. The van der Waals surface area contributed by atoms with Gasteiger partial charge in [-0.15, -0.1) is 13.2 Å². The molecule has 2 atom stereocenters. The first-order valence-electron chi connectivity index (χ1n) is 6.42. The van der Waals surface area contributed by atoms with Crippen molar-refractivity contribution in [1.82, 2.24) is 0 Å². The van der Waals surface area contributed by atoms with Gasteiger partial charge in [0.2, 0.25) is 5.91 Å². The van der Waals surface area contributed by atoms with E-state index in [0.29, 0.717) is 0 Å². The predicted octanol–water partition coefficient (Wildman–Crippen LogP) is 2.88. The number of ether oxygens (including phenoxy) is 1. The van der Waals surface area contributed by atoms with Crippen molar-refractivity contribution in [3.8, 4) is 5.75 Å². The molecule has 1 saturated carbocycles. The third-order valence-corrected chi connectivity index (χ3v) is 3.75. The van der Waals surface area contributed by atoms with Gasteiger partial charge in [-0.2, -0.15) is 0 Å². The van der Waals surface area contributed by atoms with Gasteiger partial charge < -0.3 is 15.2 Å². The largest absolute Gasteiger partial charge is 0.573 e. The molecule has 1 aromatic carbocycles. The van der Waals surface area contributed by atoms with Crippen LogP contribution in [0.15, 0.2) is 24.3 Å². The van der Waals surface area contributed by atoms with Crippen LogP contribution in [0.4, 0.5) is 18.9 Å². The normalized spacial score (nSPS) is 22.8. The fourth-order valence-electron chi connectivity index (χ4n) is 2.58. The summed E-state index contributed by atoms with van der Waals surface area (Å²) in [5.41, 5.74) is -0.896. The van der Waals surface area contributed by atoms with Crippen LogP contribution in [-0.4, -0.2) is 23.3 Å². The molecule has 120 valence electrons. The van der Waals surface area contributed by atoms with Crippen molar-refractivity contribution in [1.29, 1.82) is 0 Å². The number of nitrogens with one attached hydrogen (secondary N) is 1. The number of alkyl halides is 3.